The quantitative estimate of drug-likeness (QED) is 0.761. The molecule has 0 aliphatic heterocycles. The fraction of sp³-hybridized carbons (Fsp3) is 0.417. The molecule has 8 heteroatoms. The molecule has 0 atom stereocenters. The van der Waals surface area contributed by atoms with Gasteiger partial charge in [-0.1, -0.05) is 0 Å². The first kappa shape index (κ1) is 14.9. The second-order valence-electron chi connectivity index (χ2n) is 4.17. The van der Waals surface area contributed by atoms with Crippen LogP contribution >= 0.6 is 0 Å². The van der Waals surface area contributed by atoms with Crippen LogP contribution in [0.1, 0.15) is 0 Å². The Morgan fingerprint density at radius 1 is 1.45 bits per heavy atom. The molecule has 2 N–H and O–H groups in total. The van der Waals surface area contributed by atoms with Crippen LogP contribution < -0.4 is 0 Å². The first-order valence-corrected chi connectivity index (χ1v) is 7.57. The molecule has 0 saturated heterocycles. The number of sulfonamides is 1. The normalized spacial score (nSPS) is 12.3. The minimum Gasteiger partial charge on any atom is -0.395 e. The number of H-pyrrole nitrogens is 1. The first-order valence-electron chi connectivity index (χ1n) is 6.13. The van der Waals surface area contributed by atoms with Crippen LogP contribution in [-0.4, -0.2) is 61.2 Å². The van der Waals surface area contributed by atoms with Crippen molar-refractivity contribution in [3.8, 4) is 0 Å². The van der Waals surface area contributed by atoms with E-state index >= 15 is 0 Å². The summed E-state index contributed by atoms with van der Waals surface area (Å²) in [6.07, 6.45) is 3.01. The lowest BCUT2D eigenvalue weighted by molar-refractivity contribution is 0.168. The SMILES string of the molecule is COCCN(CCO)S(=O)(=O)c1c[nH]c2ncccc12. The minimum atomic E-state index is -3.70. The molecule has 0 aliphatic carbocycles. The molecular weight excluding hydrogens is 282 g/mol. The van der Waals surface area contributed by atoms with E-state index in [0.717, 1.165) is 0 Å². The van der Waals surface area contributed by atoms with Gasteiger partial charge in [-0.25, -0.2) is 13.4 Å². The Kier molecular flexibility index (Phi) is 4.71. The van der Waals surface area contributed by atoms with Gasteiger partial charge in [0.05, 0.1) is 13.2 Å². The molecule has 2 heterocycles. The van der Waals surface area contributed by atoms with Crippen molar-refractivity contribution in [2.45, 2.75) is 4.90 Å². The van der Waals surface area contributed by atoms with Crippen LogP contribution in [-0.2, 0) is 14.8 Å². The smallest absolute Gasteiger partial charge is 0.245 e. The highest BCUT2D eigenvalue weighted by atomic mass is 32.2. The summed E-state index contributed by atoms with van der Waals surface area (Å²) >= 11 is 0. The van der Waals surface area contributed by atoms with Crippen molar-refractivity contribution in [3.05, 3.63) is 24.5 Å². The third-order valence-electron chi connectivity index (χ3n) is 2.93. The summed E-state index contributed by atoms with van der Waals surface area (Å²) in [7, 11) is -2.20. The predicted octanol–water partition coefficient (Wildman–Crippen LogP) is 0.192. The molecule has 0 unspecified atom stereocenters. The van der Waals surface area contributed by atoms with Crippen LogP contribution in [0.2, 0.25) is 0 Å². The number of aliphatic hydroxyl groups is 1. The molecule has 0 aliphatic rings. The number of aromatic nitrogens is 2. The Morgan fingerprint density at radius 2 is 2.25 bits per heavy atom. The van der Waals surface area contributed by atoms with Gasteiger partial charge >= 0.3 is 0 Å². The van der Waals surface area contributed by atoms with Gasteiger partial charge in [0.2, 0.25) is 10.0 Å². The van der Waals surface area contributed by atoms with Gasteiger partial charge in [-0.05, 0) is 12.1 Å². The molecule has 0 radical (unpaired) electrons. The van der Waals surface area contributed by atoms with Gasteiger partial charge < -0.3 is 14.8 Å². The summed E-state index contributed by atoms with van der Waals surface area (Å²) < 4.78 is 31.3. The van der Waals surface area contributed by atoms with Crippen LogP contribution in [0.4, 0.5) is 0 Å². The molecule has 2 aromatic heterocycles. The number of aromatic amines is 1. The van der Waals surface area contributed by atoms with Gasteiger partial charge in [0.1, 0.15) is 10.5 Å². The van der Waals surface area contributed by atoms with Crippen LogP contribution in [0.15, 0.2) is 29.4 Å². The maximum Gasteiger partial charge on any atom is 0.245 e. The van der Waals surface area contributed by atoms with E-state index in [1.54, 1.807) is 18.3 Å². The lowest BCUT2D eigenvalue weighted by Crippen LogP contribution is -2.36. The van der Waals surface area contributed by atoms with E-state index in [1.165, 1.54) is 17.6 Å². The lowest BCUT2D eigenvalue weighted by Gasteiger charge is -2.20. The maximum absolute atomic E-state index is 12.6. The Labute approximate surface area is 117 Å². The van der Waals surface area contributed by atoms with Gasteiger partial charge in [0.25, 0.3) is 0 Å². The standard InChI is InChI=1S/C12H17N3O4S/c1-19-8-6-15(5-7-16)20(17,18)11-9-14-12-10(11)3-2-4-13-12/h2-4,9,16H,5-8H2,1H3,(H,13,14). The first-order chi connectivity index (χ1) is 9.61. The van der Waals surface area contributed by atoms with Gasteiger partial charge in [0, 0.05) is 38.0 Å². The number of fused-ring (bicyclic) bond motifs is 1. The number of pyridine rings is 1. The molecule has 0 bridgehead atoms. The molecule has 0 fully saturated rings. The molecule has 0 saturated carbocycles. The monoisotopic (exact) mass is 299 g/mol. The van der Waals surface area contributed by atoms with Gasteiger partial charge in [-0.15, -0.1) is 0 Å². The van der Waals surface area contributed by atoms with Crippen molar-refractivity contribution >= 4 is 21.1 Å². The van der Waals surface area contributed by atoms with Crippen molar-refractivity contribution in [1.29, 1.82) is 0 Å². The highest BCUT2D eigenvalue weighted by molar-refractivity contribution is 7.89. The molecule has 110 valence electrons. The summed E-state index contributed by atoms with van der Waals surface area (Å²) in [4.78, 5) is 7.06. The zero-order valence-electron chi connectivity index (χ0n) is 11.1. The van der Waals surface area contributed by atoms with Crippen molar-refractivity contribution in [3.63, 3.8) is 0 Å². The topological polar surface area (TPSA) is 95.5 Å². The Bertz CT molecular complexity index is 668. The van der Waals surface area contributed by atoms with Crippen LogP contribution in [0, 0.1) is 0 Å². The second-order valence-corrected chi connectivity index (χ2v) is 6.08. The fourth-order valence-electron chi connectivity index (χ4n) is 1.94. The van der Waals surface area contributed by atoms with Crippen LogP contribution in [0.25, 0.3) is 11.0 Å². The minimum absolute atomic E-state index is 0.0264. The summed E-state index contributed by atoms with van der Waals surface area (Å²) in [6.45, 7) is 0.230. The van der Waals surface area contributed by atoms with E-state index in [-0.39, 0.29) is 31.2 Å². The molecular formula is C12H17N3O4S. The number of hydrogen-bond donors (Lipinski definition) is 2. The van der Waals surface area contributed by atoms with Crippen molar-refractivity contribution < 1.29 is 18.3 Å². The van der Waals surface area contributed by atoms with E-state index in [1.807, 2.05) is 0 Å². The Morgan fingerprint density at radius 3 is 2.95 bits per heavy atom. The molecule has 7 nitrogen and oxygen atoms in total. The van der Waals surface area contributed by atoms with Gasteiger partial charge in [-0.3, -0.25) is 0 Å². The zero-order chi connectivity index (χ0) is 14.6. The number of rotatable bonds is 7. The average molecular weight is 299 g/mol. The summed E-state index contributed by atoms with van der Waals surface area (Å²) in [5.74, 6) is 0. The third-order valence-corrected chi connectivity index (χ3v) is 4.86. The number of aliphatic hydroxyl groups excluding tert-OH is 1. The Hall–Kier alpha value is -1.48. The van der Waals surface area contributed by atoms with E-state index in [4.69, 9.17) is 9.84 Å². The lowest BCUT2D eigenvalue weighted by atomic mass is 10.3. The van der Waals surface area contributed by atoms with E-state index in [2.05, 4.69) is 9.97 Å². The molecule has 2 aromatic rings. The van der Waals surface area contributed by atoms with Crippen LogP contribution in [0.3, 0.4) is 0 Å². The number of nitrogens with zero attached hydrogens (tertiary/aromatic N) is 2. The van der Waals surface area contributed by atoms with E-state index in [9.17, 15) is 8.42 Å². The zero-order valence-corrected chi connectivity index (χ0v) is 11.9. The van der Waals surface area contributed by atoms with E-state index < -0.39 is 10.0 Å². The molecule has 0 aromatic carbocycles. The second kappa shape index (κ2) is 6.31. The number of hydrogen-bond acceptors (Lipinski definition) is 5. The predicted molar refractivity (Wildman–Crippen MR) is 73.8 cm³/mol. The fourth-order valence-corrected chi connectivity index (χ4v) is 3.51. The van der Waals surface area contributed by atoms with Crippen LogP contribution in [0.5, 0.6) is 0 Å². The highest BCUT2D eigenvalue weighted by Gasteiger charge is 2.26. The molecule has 20 heavy (non-hydrogen) atoms. The van der Waals surface area contributed by atoms with Crippen molar-refractivity contribution in [2.75, 3.05) is 33.4 Å². The third kappa shape index (κ3) is 2.83. The van der Waals surface area contributed by atoms with E-state index in [0.29, 0.717) is 11.0 Å². The number of ether oxygens (including phenoxy) is 1. The maximum atomic E-state index is 12.6. The Balaban J connectivity index is 2.41. The highest BCUT2D eigenvalue weighted by Crippen LogP contribution is 2.24. The number of methoxy groups -OCH3 is 1. The molecule has 0 spiro atoms. The molecule has 0 amide bonds. The summed E-state index contributed by atoms with van der Waals surface area (Å²) in [5, 5.41) is 9.58. The van der Waals surface area contributed by atoms with Crippen molar-refractivity contribution in [2.24, 2.45) is 0 Å². The van der Waals surface area contributed by atoms with Gasteiger partial charge in [-0.2, -0.15) is 4.31 Å². The van der Waals surface area contributed by atoms with Gasteiger partial charge in [0.15, 0.2) is 0 Å². The number of nitrogens with one attached hydrogen (secondary N) is 1. The summed E-state index contributed by atoms with van der Waals surface area (Å²) in [5.41, 5.74) is 0.516. The summed E-state index contributed by atoms with van der Waals surface area (Å²) in [6, 6.07) is 3.37. The molecule has 2 rings (SSSR count). The van der Waals surface area contributed by atoms with Crippen molar-refractivity contribution in [1.82, 2.24) is 14.3 Å². The average Bonchev–Trinajstić information content (AvgIpc) is 2.88. The largest absolute Gasteiger partial charge is 0.395 e.